The highest BCUT2D eigenvalue weighted by Gasteiger charge is 2.11. The van der Waals surface area contributed by atoms with Gasteiger partial charge in [-0.1, -0.05) is 17.7 Å². The number of hydrogen-bond donors (Lipinski definition) is 2. The first-order chi connectivity index (χ1) is 10.1. The van der Waals surface area contributed by atoms with E-state index < -0.39 is 10.9 Å². The van der Waals surface area contributed by atoms with Crippen molar-refractivity contribution in [2.24, 2.45) is 5.84 Å². The maximum atomic E-state index is 11.1. The summed E-state index contributed by atoms with van der Waals surface area (Å²) in [5, 5.41) is 14.9. The van der Waals surface area contributed by atoms with Crippen LogP contribution in [-0.2, 0) is 16.2 Å². The van der Waals surface area contributed by atoms with E-state index >= 15 is 0 Å². The van der Waals surface area contributed by atoms with Gasteiger partial charge in [-0.25, -0.2) is 10.8 Å². The summed E-state index contributed by atoms with van der Waals surface area (Å²) >= 11 is 0. The van der Waals surface area contributed by atoms with Gasteiger partial charge in [-0.05, 0) is 0 Å². The molecule has 0 spiro atoms. The fourth-order valence-electron chi connectivity index (χ4n) is 1.62. The fraction of sp³-hybridized carbons (Fsp3) is 0.182. The van der Waals surface area contributed by atoms with Gasteiger partial charge in [0.25, 0.3) is 5.69 Å². The predicted molar refractivity (Wildman–Crippen MR) is 70.1 cm³/mol. The van der Waals surface area contributed by atoms with E-state index in [4.69, 9.17) is 5.84 Å². The summed E-state index contributed by atoms with van der Waals surface area (Å²) in [6.07, 6.45) is 1.49. The van der Waals surface area contributed by atoms with Crippen LogP contribution >= 0.6 is 0 Å². The Hall–Kier alpha value is -2.85. The molecular formula is C11H12N6O4. The Morgan fingerprint density at radius 3 is 3.05 bits per heavy atom. The Labute approximate surface area is 118 Å². The first-order valence-corrected chi connectivity index (χ1v) is 5.89. The molecule has 0 saturated carbocycles. The Balaban J connectivity index is 2.07. The summed E-state index contributed by atoms with van der Waals surface area (Å²) < 4.78 is 1.44. The minimum Gasteiger partial charge on any atom is -0.356 e. The SMILES string of the molecule is NNOC(=O)CCn1cnc(-c2cccc([N+](=O)[O-])c2)n1. The second-order valence-electron chi connectivity index (χ2n) is 3.98. The maximum absolute atomic E-state index is 11.1. The lowest BCUT2D eigenvalue weighted by molar-refractivity contribution is -0.384. The average molecular weight is 292 g/mol. The molecule has 2 rings (SSSR count). The quantitative estimate of drug-likeness (QED) is 0.436. The monoisotopic (exact) mass is 292 g/mol. The summed E-state index contributed by atoms with van der Waals surface area (Å²) in [6, 6.07) is 5.99. The van der Waals surface area contributed by atoms with E-state index in [1.54, 1.807) is 17.7 Å². The van der Waals surface area contributed by atoms with Gasteiger partial charge in [-0.15, -0.1) is 0 Å². The number of rotatable bonds is 6. The van der Waals surface area contributed by atoms with E-state index in [1.165, 1.54) is 23.1 Å². The molecule has 0 aliphatic rings. The molecule has 21 heavy (non-hydrogen) atoms. The number of nitrogens with two attached hydrogens (primary N) is 1. The van der Waals surface area contributed by atoms with Crippen molar-refractivity contribution in [1.82, 2.24) is 20.4 Å². The first-order valence-electron chi connectivity index (χ1n) is 5.89. The number of benzene rings is 1. The Bertz CT molecular complexity index is 656. The van der Waals surface area contributed by atoms with E-state index in [9.17, 15) is 14.9 Å². The zero-order valence-electron chi connectivity index (χ0n) is 10.8. The highest BCUT2D eigenvalue weighted by Crippen LogP contribution is 2.20. The number of aromatic nitrogens is 3. The molecule has 0 fully saturated rings. The van der Waals surface area contributed by atoms with E-state index in [-0.39, 0.29) is 18.7 Å². The van der Waals surface area contributed by atoms with E-state index in [1.807, 2.05) is 0 Å². The number of aryl methyl sites for hydroxylation is 1. The number of nitrogens with one attached hydrogen (secondary N) is 1. The van der Waals surface area contributed by atoms with Crippen molar-refractivity contribution >= 4 is 11.7 Å². The van der Waals surface area contributed by atoms with Gasteiger partial charge in [0.2, 0.25) is 0 Å². The molecule has 3 N–H and O–H groups in total. The summed E-state index contributed by atoms with van der Waals surface area (Å²) in [5.41, 5.74) is 2.27. The highest BCUT2D eigenvalue weighted by atomic mass is 16.7. The van der Waals surface area contributed by atoms with Crippen LogP contribution in [-0.4, -0.2) is 25.7 Å². The van der Waals surface area contributed by atoms with Crippen LogP contribution in [0.2, 0.25) is 0 Å². The van der Waals surface area contributed by atoms with Crippen molar-refractivity contribution in [3.05, 3.63) is 40.7 Å². The normalized spacial score (nSPS) is 10.3. The van der Waals surface area contributed by atoms with Gasteiger partial charge in [0, 0.05) is 17.7 Å². The standard InChI is InChI=1S/C11H12N6O4/c12-15-21-10(18)4-5-16-7-13-11(14-16)8-2-1-3-9(6-8)17(19)20/h1-3,6-7,15H,4-5,12H2. The topological polar surface area (TPSA) is 138 Å². The summed E-state index contributed by atoms with van der Waals surface area (Å²) in [4.78, 5) is 29.7. The Morgan fingerprint density at radius 1 is 1.52 bits per heavy atom. The molecule has 0 atom stereocenters. The molecule has 1 aromatic carbocycles. The molecule has 0 aliphatic carbocycles. The molecule has 0 amide bonds. The number of carbonyl (C=O) groups is 1. The Kier molecular flexibility index (Phi) is 4.53. The molecule has 0 bridgehead atoms. The van der Waals surface area contributed by atoms with Crippen LogP contribution in [0.15, 0.2) is 30.6 Å². The highest BCUT2D eigenvalue weighted by molar-refractivity contribution is 5.68. The lowest BCUT2D eigenvalue weighted by Crippen LogP contribution is -2.26. The number of nitro benzene ring substituents is 1. The summed E-state index contributed by atoms with van der Waals surface area (Å²) in [5.74, 6) is 4.63. The average Bonchev–Trinajstić information content (AvgIpc) is 2.94. The zero-order chi connectivity index (χ0) is 15.2. The van der Waals surface area contributed by atoms with E-state index in [0.29, 0.717) is 11.4 Å². The lowest BCUT2D eigenvalue weighted by atomic mass is 10.2. The Morgan fingerprint density at radius 2 is 2.33 bits per heavy atom. The third kappa shape index (κ3) is 3.81. The number of hydrogen-bond acceptors (Lipinski definition) is 8. The molecule has 0 unspecified atom stereocenters. The fourth-order valence-corrected chi connectivity index (χ4v) is 1.62. The van der Waals surface area contributed by atoms with Crippen molar-refractivity contribution in [2.45, 2.75) is 13.0 Å². The molecule has 0 aliphatic heterocycles. The van der Waals surface area contributed by atoms with Crippen molar-refractivity contribution in [3.63, 3.8) is 0 Å². The molecule has 2 aromatic rings. The minimum absolute atomic E-state index is 0.0403. The number of carbonyl (C=O) groups excluding carboxylic acids is 1. The van der Waals surface area contributed by atoms with Crippen molar-refractivity contribution in [3.8, 4) is 11.4 Å². The predicted octanol–water partition coefficient (Wildman–Crippen LogP) is 0.165. The van der Waals surface area contributed by atoms with Crippen LogP contribution in [0.1, 0.15) is 6.42 Å². The van der Waals surface area contributed by atoms with Gasteiger partial charge in [-0.2, -0.15) is 5.10 Å². The molecule has 110 valence electrons. The van der Waals surface area contributed by atoms with Crippen LogP contribution < -0.4 is 11.4 Å². The van der Waals surface area contributed by atoms with Crippen molar-refractivity contribution in [2.75, 3.05) is 0 Å². The molecule has 10 nitrogen and oxygen atoms in total. The van der Waals surface area contributed by atoms with Gasteiger partial charge in [-0.3, -0.25) is 19.6 Å². The smallest absolute Gasteiger partial charge is 0.328 e. The number of nitrogens with zero attached hydrogens (tertiary/aromatic N) is 4. The first kappa shape index (κ1) is 14.6. The van der Waals surface area contributed by atoms with Gasteiger partial charge >= 0.3 is 5.97 Å². The van der Waals surface area contributed by atoms with Crippen LogP contribution in [0.3, 0.4) is 0 Å². The third-order valence-electron chi connectivity index (χ3n) is 2.57. The van der Waals surface area contributed by atoms with E-state index in [0.717, 1.165) is 0 Å². The molecular weight excluding hydrogens is 280 g/mol. The van der Waals surface area contributed by atoms with Gasteiger partial charge in [0.05, 0.1) is 17.9 Å². The molecule has 10 heteroatoms. The molecule has 1 aromatic heterocycles. The largest absolute Gasteiger partial charge is 0.356 e. The van der Waals surface area contributed by atoms with Crippen LogP contribution in [0, 0.1) is 10.1 Å². The van der Waals surface area contributed by atoms with Crippen LogP contribution in [0.5, 0.6) is 0 Å². The van der Waals surface area contributed by atoms with Gasteiger partial charge in [0.1, 0.15) is 6.33 Å². The van der Waals surface area contributed by atoms with E-state index in [2.05, 4.69) is 14.9 Å². The van der Waals surface area contributed by atoms with Gasteiger partial charge < -0.3 is 4.84 Å². The van der Waals surface area contributed by atoms with Gasteiger partial charge in [0.15, 0.2) is 5.82 Å². The van der Waals surface area contributed by atoms with Crippen molar-refractivity contribution < 1.29 is 14.6 Å². The molecule has 0 radical (unpaired) electrons. The van der Waals surface area contributed by atoms with Crippen LogP contribution in [0.4, 0.5) is 5.69 Å². The molecule has 0 saturated heterocycles. The summed E-state index contributed by atoms with van der Waals surface area (Å²) in [7, 11) is 0. The second kappa shape index (κ2) is 6.54. The third-order valence-corrected chi connectivity index (χ3v) is 2.57. The minimum atomic E-state index is -0.537. The number of nitro groups is 1. The maximum Gasteiger partial charge on any atom is 0.328 e. The van der Waals surface area contributed by atoms with Crippen LogP contribution in [0.25, 0.3) is 11.4 Å². The van der Waals surface area contributed by atoms with Crippen molar-refractivity contribution in [1.29, 1.82) is 0 Å². The molecule has 1 heterocycles. The second-order valence-corrected chi connectivity index (χ2v) is 3.98. The zero-order valence-corrected chi connectivity index (χ0v) is 10.8. The lowest BCUT2D eigenvalue weighted by Gasteiger charge is -2.00. The summed E-state index contributed by atoms with van der Waals surface area (Å²) in [6.45, 7) is 0.252. The number of non-ortho nitro benzene ring substituents is 1. The number of hydrazine groups is 1.